The fourth-order valence-corrected chi connectivity index (χ4v) is 4.14. The number of rotatable bonds is 5. The standard InChI is InChI=1S/C23H25F2N3O/c1-15-7-10-28-23(2,12-15)14-29-22-19(21(24)25)11-16(13-27-22)17-8-9-26-20-6-4-3-5-18(17)20/h3-6,8-9,11,13,15,21,28H,7,10,12,14H2,1-2H3/t15?,23-/m1/s1. The van der Waals surface area contributed by atoms with Crippen molar-refractivity contribution in [2.45, 2.75) is 38.7 Å². The Morgan fingerprint density at radius 3 is 2.86 bits per heavy atom. The van der Waals surface area contributed by atoms with E-state index >= 15 is 0 Å². The van der Waals surface area contributed by atoms with Crippen LogP contribution in [-0.4, -0.2) is 28.7 Å². The monoisotopic (exact) mass is 397 g/mol. The second-order valence-electron chi connectivity index (χ2n) is 8.17. The molecule has 1 aliphatic heterocycles. The van der Waals surface area contributed by atoms with Crippen molar-refractivity contribution in [1.29, 1.82) is 0 Å². The number of hydrogen-bond acceptors (Lipinski definition) is 4. The summed E-state index contributed by atoms with van der Waals surface area (Å²) in [5.74, 6) is 0.582. The van der Waals surface area contributed by atoms with Crippen LogP contribution in [0.1, 0.15) is 38.7 Å². The topological polar surface area (TPSA) is 47.0 Å². The van der Waals surface area contributed by atoms with E-state index in [0.29, 0.717) is 18.1 Å². The van der Waals surface area contributed by atoms with Crippen LogP contribution in [0.15, 0.2) is 48.8 Å². The fourth-order valence-electron chi connectivity index (χ4n) is 4.14. The van der Waals surface area contributed by atoms with Gasteiger partial charge in [0.25, 0.3) is 6.43 Å². The highest BCUT2D eigenvalue weighted by Crippen LogP contribution is 2.34. The van der Waals surface area contributed by atoms with E-state index in [1.54, 1.807) is 12.4 Å². The number of alkyl halides is 2. The average molecular weight is 397 g/mol. The Labute approximate surface area is 169 Å². The summed E-state index contributed by atoms with van der Waals surface area (Å²) in [6, 6.07) is 10.9. The van der Waals surface area contributed by atoms with Crippen LogP contribution in [0, 0.1) is 5.92 Å². The first-order chi connectivity index (χ1) is 14.0. The molecule has 6 heteroatoms. The molecule has 3 aromatic rings. The normalized spacial score (nSPS) is 22.2. The molecule has 29 heavy (non-hydrogen) atoms. The van der Waals surface area contributed by atoms with Gasteiger partial charge in [0.15, 0.2) is 0 Å². The van der Waals surface area contributed by atoms with Crippen molar-refractivity contribution in [2.24, 2.45) is 5.92 Å². The molecule has 1 N–H and O–H groups in total. The van der Waals surface area contributed by atoms with Gasteiger partial charge in [0, 0.05) is 28.9 Å². The van der Waals surface area contributed by atoms with E-state index in [2.05, 4.69) is 29.1 Å². The number of benzene rings is 1. The van der Waals surface area contributed by atoms with Crippen LogP contribution in [0.25, 0.3) is 22.0 Å². The minimum absolute atomic E-state index is 0.00311. The predicted molar refractivity (Wildman–Crippen MR) is 110 cm³/mol. The average Bonchev–Trinajstić information content (AvgIpc) is 2.71. The fraction of sp³-hybridized carbons (Fsp3) is 0.391. The van der Waals surface area contributed by atoms with E-state index in [1.807, 2.05) is 30.3 Å². The van der Waals surface area contributed by atoms with E-state index in [1.165, 1.54) is 6.07 Å². The molecule has 3 heterocycles. The molecule has 1 unspecified atom stereocenters. The summed E-state index contributed by atoms with van der Waals surface area (Å²) >= 11 is 0. The zero-order valence-electron chi connectivity index (χ0n) is 16.7. The van der Waals surface area contributed by atoms with Gasteiger partial charge < -0.3 is 10.1 Å². The molecule has 0 radical (unpaired) electrons. The third-order valence-electron chi connectivity index (χ3n) is 5.59. The van der Waals surface area contributed by atoms with Gasteiger partial charge in [0.05, 0.1) is 11.1 Å². The Morgan fingerprint density at radius 1 is 1.24 bits per heavy atom. The summed E-state index contributed by atoms with van der Waals surface area (Å²) in [5.41, 5.74) is 1.84. The molecule has 0 bridgehead atoms. The number of nitrogens with zero attached hydrogens (tertiary/aromatic N) is 2. The van der Waals surface area contributed by atoms with E-state index in [9.17, 15) is 8.78 Å². The molecule has 1 aliphatic rings. The van der Waals surface area contributed by atoms with Crippen molar-refractivity contribution < 1.29 is 13.5 Å². The summed E-state index contributed by atoms with van der Waals surface area (Å²) in [5, 5.41) is 4.36. The number of ether oxygens (including phenoxy) is 1. The maximum atomic E-state index is 13.8. The van der Waals surface area contributed by atoms with Gasteiger partial charge in [-0.2, -0.15) is 0 Å². The van der Waals surface area contributed by atoms with E-state index in [-0.39, 0.29) is 17.0 Å². The van der Waals surface area contributed by atoms with Gasteiger partial charge in [-0.05, 0) is 56.0 Å². The molecule has 152 valence electrons. The van der Waals surface area contributed by atoms with Gasteiger partial charge in [-0.15, -0.1) is 0 Å². The second-order valence-corrected chi connectivity index (χ2v) is 8.17. The highest BCUT2D eigenvalue weighted by molar-refractivity contribution is 5.94. The number of pyridine rings is 2. The molecule has 0 saturated carbocycles. The van der Waals surface area contributed by atoms with Crippen molar-refractivity contribution >= 4 is 10.9 Å². The van der Waals surface area contributed by atoms with E-state index in [0.717, 1.165) is 35.9 Å². The first-order valence-electron chi connectivity index (χ1n) is 9.95. The maximum absolute atomic E-state index is 13.8. The van der Waals surface area contributed by atoms with Crippen molar-refractivity contribution in [3.05, 3.63) is 54.4 Å². The lowest BCUT2D eigenvalue weighted by Gasteiger charge is -2.37. The number of fused-ring (bicyclic) bond motifs is 1. The summed E-state index contributed by atoms with van der Waals surface area (Å²) < 4.78 is 33.4. The number of para-hydroxylation sites is 1. The highest BCUT2D eigenvalue weighted by atomic mass is 19.3. The summed E-state index contributed by atoms with van der Waals surface area (Å²) in [6.07, 6.45) is 2.67. The first kappa shape index (κ1) is 19.7. The maximum Gasteiger partial charge on any atom is 0.269 e. The van der Waals surface area contributed by atoms with E-state index in [4.69, 9.17) is 4.74 Å². The molecule has 0 spiro atoms. The second kappa shape index (κ2) is 8.03. The Morgan fingerprint density at radius 2 is 2.07 bits per heavy atom. The molecule has 4 rings (SSSR count). The quantitative estimate of drug-likeness (QED) is 0.627. The summed E-state index contributed by atoms with van der Waals surface area (Å²) in [7, 11) is 0. The van der Waals surface area contributed by atoms with Crippen LogP contribution in [-0.2, 0) is 0 Å². The van der Waals surface area contributed by atoms with Gasteiger partial charge >= 0.3 is 0 Å². The number of piperidine rings is 1. The number of aromatic nitrogens is 2. The minimum atomic E-state index is -2.67. The first-order valence-corrected chi connectivity index (χ1v) is 9.95. The Balaban J connectivity index is 1.63. The molecular weight excluding hydrogens is 372 g/mol. The zero-order valence-corrected chi connectivity index (χ0v) is 16.7. The molecule has 1 saturated heterocycles. The van der Waals surface area contributed by atoms with Gasteiger partial charge in [-0.1, -0.05) is 25.1 Å². The SMILES string of the molecule is CC1CCN[C@@](C)(COc2ncc(-c3ccnc4ccccc34)cc2C(F)F)C1. The van der Waals surface area contributed by atoms with Crippen LogP contribution in [0.4, 0.5) is 8.78 Å². The number of halogens is 2. The lowest BCUT2D eigenvalue weighted by molar-refractivity contribution is 0.119. The van der Waals surface area contributed by atoms with Crippen LogP contribution < -0.4 is 10.1 Å². The smallest absolute Gasteiger partial charge is 0.269 e. The Kier molecular flexibility index (Phi) is 5.46. The molecule has 2 aromatic heterocycles. The van der Waals surface area contributed by atoms with Crippen molar-refractivity contribution in [3.8, 4) is 17.0 Å². The molecule has 4 nitrogen and oxygen atoms in total. The van der Waals surface area contributed by atoms with Gasteiger partial charge in [0.1, 0.15) is 6.61 Å². The number of hydrogen-bond donors (Lipinski definition) is 1. The third-order valence-corrected chi connectivity index (χ3v) is 5.59. The molecular formula is C23H25F2N3O. The molecule has 1 aromatic carbocycles. The van der Waals surface area contributed by atoms with Crippen LogP contribution >= 0.6 is 0 Å². The zero-order chi connectivity index (χ0) is 20.4. The largest absolute Gasteiger partial charge is 0.475 e. The predicted octanol–water partition coefficient (Wildman–Crippen LogP) is 5.39. The molecule has 1 fully saturated rings. The summed E-state index contributed by atoms with van der Waals surface area (Å²) in [6.45, 7) is 5.49. The van der Waals surface area contributed by atoms with Crippen LogP contribution in [0.2, 0.25) is 0 Å². The van der Waals surface area contributed by atoms with Crippen molar-refractivity contribution in [3.63, 3.8) is 0 Å². The number of nitrogens with one attached hydrogen (secondary N) is 1. The van der Waals surface area contributed by atoms with Gasteiger partial charge in [-0.3, -0.25) is 4.98 Å². The van der Waals surface area contributed by atoms with Gasteiger partial charge in [-0.25, -0.2) is 13.8 Å². The molecule has 0 aliphatic carbocycles. The Bertz CT molecular complexity index is 1010. The van der Waals surface area contributed by atoms with Crippen LogP contribution in [0.5, 0.6) is 5.88 Å². The Hall–Kier alpha value is -2.60. The molecule has 2 atom stereocenters. The van der Waals surface area contributed by atoms with Crippen molar-refractivity contribution in [1.82, 2.24) is 15.3 Å². The van der Waals surface area contributed by atoms with Gasteiger partial charge in [0.2, 0.25) is 5.88 Å². The summed E-state index contributed by atoms with van der Waals surface area (Å²) in [4.78, 5) is 8.60. The van der Waals surface area contributed by atoms with Crippen molar-refractivity contribution in [2.75, 3.05) is 13.2 Å². The van der Waals surface area contributed by atoms with Crippen LogP contribution in [0.3, 0.4) is 0 Å². The third kappa shape index (κ3) is 4.22. The highest BCUT2D eigenvalue weighted by Gasteiger charge is 2.31. The lowest BCUT2D eigenvalue weighted by atomic mass is 9.85. The minimum Gasteiger partial charge on any atom is -0.475 e. The lowest BCUT2D eigenvalue weighted by Crippen LogP contribution is -2.52. The molecule has 0 amide bonds. The van der Waals surface area contributed by atoms with E-state index < -0.39 is 6.43 Å².